The Hall–Kier alpha value is -1.92. The first-order valence-corrected chi connectivity index (χ1v) is 5.45. The molecule has 0 fully saturated rings. The van der Waals surface area contributed by atoms with Gasteiger partial charge in [0.2, 0.25) is 16.5 Å². The monoisotopic (exact) mass is 284 g/mol. The number of hydrogen-bond donors (Lipinski definition) is 1. The summed E-state index contributed by atoms with van der Waals surface area (Å²) < 4.78 is 5.29. The summed E-state index contributed by atoms with van der Waals surface area (Å²) >= 11 is 11.2. The summed E-state index contributed by atoms with van der Waals surface area (Å²) in [4.78, 5) is 21.9. The molecule has 0 saturated heterocycles. The Bertz CT molecular complexity index is 569. The third kappa shape index (κ3) is 3.06. The smallest absolute Gasteiger partial charge is 0.327 e. The van der Waals surface area contributed by atoms with Crippen LogP contribution in [-0.4, -0.2) is 20.9 Å². The highest BCUT2D eigenvalue weighted by atomic mass is 35.5. The Morgan fingerprint density at radius 3 is 2.11 bits per heavy atom. The summed E-state index contributed by atoms with van der Waals surface area (Å²) in [6, 6.07) is 6.09. The Labute approximate surface area is 112 Å². The van der Waals surface area contributed by atoms with Crippen LogP contribution in [0.2, 0.25) is 10.6 Å². The lowest BCUT2D eigenvalue weighted by molar-refractivity contribution is 0.100. The molecule has 0 atom stereocenters. The van der Waals surface area contributed by atoms with Gasteiger partial charge in [-0.15, -0.1) is 0 Å². The predicted octanol–water partition coefficient (Wildman–Crippen LogP) is 2.07. The second-order valence-corrected chi connectivity index (χ2v) is 3.82. The van der Waals surface area contributed by atoms with E-state index in [1.807, 2.05) is 0 Å². The number of ether oxygens (including phenoxy) is 1. The molecule has 0 saturated carbocycles. The molecule has 0 unspecified atom stereocenters. The van der Waals surface area contributed by atoms with Crippen molar-refractivity contribution in [3.05, 3.63) is 40.4 Å². The van der Waals surface area contributed by atoms with Crippen LogP contribution in [-0.2, 0) is 0 Å². The first-order chi connectivity index (χ1) is 8.54. The molecule has 18 heavy (non-hydrogen) atoms. The largest absolute Gasteiger partial charge is 0.424 e. The van der Waals surface area contributed by atoms with Gasteiger partial charge in [-0.3, -0.25) is 4.79 Å². The van der Waals surface area contributed by atoms with E-state index in [1.54, 1.807) is 12.1 Å². The van der Waals surface area contributed by atoms with Crippen LogP contribution in [0.15, 0.2) is 24.3 Å². The first-order valence-electron chi connectivity index (χ1n) is 4.69. The number of amides is 1. The molecule has 1 aromatic heterocycles. The molecule has 0 aliphatic rings. The van der Waals surface area contributed by atoms with E-state index >= 15 is 0 Å². The maximum absolute atomic E-state index is 10.9. The van der Waals surface area contributed by atoms with Crippen LogP contribution in [0.1, 0.15) is 10.4 Å². The molecule has 2 rings (SSSR count). The fraction of sp³-hybridized carbons (Fsp3) is 0. The topological polar surface area (TPSA) is 91.0 Å². The third-order valence-electron chi connectivity index (χ3n) is 1.91. The number of primary amides is 1. The van der Waals surface area contributed by atoms with Gasteiger partial charge in [-0.25, -0.2) is 0 Å². The fourth-order valence-corrected chi connectivity index (χ4v) is 1.50. The minimum Gasteiger partial charge on any atom is -0.424 e. The van der Waals surface area contributed by atoms with Gasteiger partial charge in [0.05, 0.1) is 0 Å². The molecule has 8 heteroatoms. The summed E-state index contributed by atoms with van der Waals surface area (Å²) in [6.07, 6.45) is 0. The lowest BCUT2D eigenvalue weighted by atomic mass is 10.2. The number of aromatic nitrogens is 3. The third-order valence-corrected chi connectivity index (χ3v) is 2.25. The highest BCUT2D eigenvalue weighted by Gasteiger charge is 2.06. The summed E-state index contributed by atoms with van der Waals surface area (Å²) in [5, 5.41) is -0.141. The summed E-state index contributed by atoms with van der Waals surface area (Å²) in [5.41, 5.74) is 5.48. The van der Waals surface area contributed by atoms with Gasteiger partial charge in [-0.1, -0.05) is 0 Å². The molecule has 0 aliphatic heterocycles. The maximum atomic E-state index is 10.9. The van der Waals surface area contributed by atoms with Crippen molar-refractivity contribution in [2.24, 2.45) is 5.73 Å². The van der Waals surface area contributed by atoms with E-state index in [0.29, 0.717) is 11.3 Å². The molecule has 1 heterocycles. The second-order valence-electron chi connectivity index (χ2n) is 3.15. The first kappa shape index (κ1) is 12.5. The van der Waals surface area contributed by atoms with Gasteiger partial charge in [-0.2, -0.15) is 15.0 Å². The Kier molecular flexibility index (Phi) is 3.59. The highest BCUT2D eigenvalue weighted by Crippen LogP contribution is 2.20. The van der Waals surface area contributed by atoms with E-state index < -0.39 is 5.91 Å². The molecule has 6 nitrogen and oxygen atoms in total. The zero-order valence-electron chi connectivity index (χ0n) is 8.80. The van der Waals surface area contributed by atoms with E-state index in [0.717, 1.165) is 0 Å². The molecule has 2 aromatic rings. The van der Waals surface area contributed by atoms with E-state index in [4.69, 9.17) is 33.7 Å². The Morgan fingerprint density at radius 1 is 1.06 bits per heavy atom. The van der Waals surface area contributed by atoms with Gasteiger partial charge in [0.25, 0.3) is 0 Å². The average molecular weight is 285 g/mol. The number of rotatable bonds is 3. The van der Waals surface area contributed by atoms with Crippen LogP contribution in [0, 0.1) is 0 Å². The van der Waals surface area contributed by atoms with E-state index in [-0.39, 0.29) is 16.6 Å². The Morgan fingerprint density at radius 2 is 1.61 bits per heavy atom. The molecule has 0 bridgehead atoms. The molecular weight excluding hydrogens is 279 g/mol. The number of nitrogens with two attached hydrogens (primary N) is 1. The predicted molar refractivity (Wildman–Crippen MR) is 64.9 cm³/mol. The van der Waals surface area contributed by atoms with Crippen molar-refractivity contribution in [1.29, 1.82) is 0 Å². The van der Waals surface area contributed by atoms with Crippen molar-refractivity contribution in [2.75, 3.05) is 0 Å². The summed E-state index contributed by atoms with van der Waals surface area (Å²) in [6.45, 7) is 0. The van der Waals surface area contributed by atoms with Gasteiger partial charge in [0, 0.05) is 5.56 Å². The van der Waals surface area contributed by atoms with Crippen LogP contribution in [0.5, 0.6) is 11.8 Å². The lowest BCUT2D eigenvalue weighted by Crippen LogP contribution is -2.10. The normalized spacial score (nSPS) is 10.1. The number of benzene rings is 1. The van der Waals surface area contributed by atoms with Crippen molar-refractivity contribution < 1.29 is 9.53 Å². The highest BCUT2D eigenvalue weighted by molar-refractivity contribution is 6.31. The van der Waals surface area contributed by atoms with Crippen LogP contribution in [0.3, 0.4) is 0 Å². The van der Waals surface area contributed by atoms with Crippen LogP contribution < -0.4 is 10.5 Å². The van der Waals surface area contributed by atoms with Crippen molar-refractivity contribution >= 4 is 29.1 Å². The molecule has 2 N–H and O–H groups in total. The van der Waals surface area contributed by atoms with E-state index in [2.05, 4.69) is 15.0 Å². The van der Waals surface area contributed by atoms with Crippen molar-refractivity contribution in [2.45, 2.75) is 0 Å². The SMILES string of the molecule is NC(=O)c1ccc(Oc2nc(Cl)nc(Cl)n2)cc1. The Balaban J connectivity index is 2.20. The van der Waals surface area contributed by atoms with Gasteiger partial charge < -0.3 is 10.5 Å². The fourth-order valence-electron chi connectivity index (χ4n) is 1.15. The van der Waals surface area contributed by atoms with Crippen LogP contribution in [0.25, 0.3) is 0 Å². The van der Waals surface area contributed by atoms with Gasteiger partial charge in [0.1, 0.15) is 5.75 Å². The van der Waals surface area contributed by atoms with Gasteiger partial charge in [-0.05, 0) is 47.5 Å². The number of halogens is 2. The molecule has 0 radical (unpaired) electrons. The molecule has 1 aromatic carbocycles. The minimum atomic E-state index is -0.521. The zero-order valence-corrected chi connectivity index (χ0v) is 10.3. The van der Waals surface area contributed by atoms with Crippen molar-refractivity contribution in [1.82, 2.24) is 15.0 Å². The van der Waals surface area contributed by atoms with Gasteiger partial charge in [0.15, 0.2) is 0 Å². The number of hydrogen-bond acceptors (Lipinski definition) is 5. The van der Waals surface area contributed by atoms with E-state index in [9.17, 15) is 4.79 Å². The van der Waals surface area contributed by atoms with Crippen molar-refractivity contribution in [3.63, 3.8) is 0 Å². The quantitative estimate of drug-likeness (QED) is 0.932. The molecule has 0 spiro atoms. The molecular formula is C10H6Cl2N4O2. The maximum Gasteiger partial charge on any atom is 0.327 e. The van der Waals surface area contributed by atoms with Crippen molar-refractivity contribution in [3.8, 4) is 11.8 Å². The second kappa shape index (κ2) is 5.16. The summed E-state index contributed by atoms with van der Waals surface area (Å²) in [5.74, 6) is -0.105. The number of nitrogens with zero attached hydrogens (tertiary/aromatic N) is 3. The number of carbonyl (C=O) groups excluding carboxylic acids is 1. The zero-order chi connectivity index (χ0) is 13.1. The molecule has 92 valence electrons. The van der Waals surface area contributed by atoms with Crippen LogP contribution >= 0.6 is 23.2 Å². The van der Waals surface area contributed by atoms with E-state index in [1.165, 1.54) is 12.1 Å². The molecule has 1 amide bonds. The van der Waals surface area contributed by atoms with Crippen LogP contribution in [0.4, 0.5) is 0 Å². The summed E-state index contributed by atoms with van der Waals surface area (Å²) in [7, 11) is 0. The average Bonchev–Trinajstić information content (AvgIpc) is 2.28. The standard InChI is InChI=1S/C10H6Cl2N4O2/c11-8-14-9(12)16-10(15-8)18-6-3-1-5(2-4-6)7(13)17/h1-4H,(H2,13,17). The minimum absolute atomic E-state index is 0.0353. The van der Waals surface area contributed by atoms with Gasteiger partial charge >= 0.3 is 6.01 Å². The number of carbonyl (C=O) groups is 1. The lowest BCUT2D eigenvalue weighted by Gasteiger charge is -2.04. The molecule has 0 aliphatic carbocycles.